The van der Waals surface area contributed by atoms with Gasteiger partial charge in [-0.1, -0.05) is 35.3 Å². The molecule has 0 heterocycles. The van der Waals surface area contributed by atoms with E-state index in [-0.39, 0.29) is 11.0 Å². The van der Waals surface area contributed by atoms with Crippen LogP contribution in [0.1, 0.15) is 15.9 Å². The minimum Gasteiger partial charge on any atom is -0.496 e. The van der Waals surface area contributed by atoms with Crippen LogP contribution in [0.5, 0.6) is 5.75 Å². The van der Waals surface area contributed by atoms with Gasteiger partial charge in [0.05, 0.1) is 23.4 Å². The van der Waals surface area contributed by atoms with Crippen LogP contribution in [0, 0.1) is 6.92 Å². The highest BCUT2D eigenvalue weighted by atomic mass is 35.5. The van der Waals surface area contributed by atoms with Gasteiger partial charge < -0.3 is 10.1 Å². The maximum absolute atomic E-state index is 12.3. The maximum atomic E-state index is 12.3. The molecule has 0 aliphatic heterocycles. The van der Waals surface area contributed by atoms with E-state index in [4.69, 9.17) is 40.2 Å². The van der Waals surface area contributed by atoms with E-state index >= 15 is 0 Å². The number of amides is 1. The lowest BCUT2D eigenvalue weighted by molar-refractivity contribution is 0.0974. The van der Waals surface area contributed by atoms with Gasteiger partial charge >= 0.3 is 0 Å². The molecule has 2 rings (SSSR count). The first-order chi connectivity index (χ1) is 10.9. The van der Waals surface area contributed by atoms with Gasteiger partial charge in [0, 0.05) is 5.02 Å². The Hall–Kier alpha value is -1.82. The largest absolute Gasteiger partial charge is 0.496 e. The first-order valence-corrected chi connectivity index (χ1v) is 7.79. The van der Waals surface area contributed by atoms with E-state index in [1.165, 1.54) is 7.11 Å². The van der Waals surface area contributed by atoms with E-state index < -0.39 is 0 Å². The molecule has 0 fully saturated rings. The Morgan fingerprint density at radius 2 is 1.96 bits per heavy atom. The molecule has 0 aromatic heterocycles. The van der Waals surface area contributed by atoms with E-state index in [1.807, 2.05) is 13.0 Å². The van der Waals surface area contributed by atoms with Crippen LogP contribution in [-0.2, 0) is 0 Å². The smallest absolute Gasteiger partial charge is 0.261 e. The number of hydrogen-bond donors (Lipinski definition) is 2. The lowest BCUT2D eigenvalue weighted by Crippen LogP contribution is -2.34. The Morgan fingerprint density at radius 3 is 2.61 bits per heavy atom. The van der Waals surface area contributed by atoms with Gasteiger partial charge in [-0.05, 0) is 49.0 Å². The van der Waals surface area contributed by atoms with Crippen molar-refractivity contribution in [3.8, 4) is 5.75 Å². The molecule has 23 heavy (non-hydrogen) atoms. The second kappa shape index (κ2) is 7.64. The van der Waals surface area contributed by atoms with Crippen molar-refractivity contribution in [2.45, 2.75) is 6.92 Å². The van der Waals surface area contributed by atoms with Crippen molar-refractivity contribution < 1.29 is 9.53 Å². The predicted octanol–water partition coefficient (Wildman–Crippen LogP) is 4.44. The number of benzene rings is 2. The molecule has 0 unspecified atom stereocenters. The van der Waals surface area contributed by atoms with Gasteiger partial charge in [0.25, 0.3) is 5.91 Å². The number of thiocarbonyl (C=S) groups is 1. The second-order valence-electron chi connectivity index (χ2n) is 4.69. The first kappa shape index (κ1) is 17.5. The van der Waals surface area contributed by atoms with Crippen molar-refractivity contribution in [3.63, 3.8) is 0 Å². The summed E-state index contributed by atoms with van der Waals surface area (Å²) in [5, 5.41) is 6.50. The van der Waals surface area contributed by atoms with Crippen molar-refractivity contribution >= 4 is 52.1 Å². The zero-order valence-corrected chi connectivity index (χ0v) is 14.8. The number of aryl methyl sites for hydroxylation is 1. The van der Waals surface area contributed by atoms with Crippen LogP contribution >= 0.6 is 35.4 Å². The zero-order chi connectivity index (χ0) is 17.0. The maximum Gasteiger partial charge on any atom is 0.261 e. The number of hydrogen-bond acceptors (Lipinski definition) is 3. The van der Waals surface area contributed by atoms with E-state index in [1.54, 1.807) is 30.3 Å². The lowest BCUT2D eigenvalue weighted by atomic mass is 10.1. The van der Waals surface area contributed by atoms with E-state index in [2.05, 4.69) is 10.6 Å². The molecule has 2 N–H and O–H groups in total. The van der Waals surface area contributed by atoms with Crippen LogP contribution in [0.15, 0.2) is 36.4 Å². The summed E-state index contributed by atoms with van der Waals surface area (Å²) < 4.78 is 5.27. The molecule has 1 amide bonds. The third-order valence-corrected chi connectivity index (χ3v) is 3.82. The highest BCUT2D eigenvalue weighted by molar-refractivity contribution is 7.80. The van der Waals surface area contributed by atoms with Crippen LogP contribution in [-0.4, -0.2) is 18.1 Å². The summed E-state index contributed by atoms with van der Waals surface area (Å²) >= 11 is 17.0. The summed E-state index contributed by atoms with van der Waals surface area (Å²) in [6.45, 7) is 1.86. The number of ether oxygens (including phenoxy) is 1. The Kier molecular flexibility index (Phi) is 5.82. The molecule has 0 spiro atoms. The summed E-state index contributed by atoms with van der Waals surface area (Å²) in [4.78, 5) is 12.3. The molecule has 2 aromatic carbocycles. The SMILES string of the molecule is COc1c(C)cccc1C(=O)NC(=S)Nc1ccc(Cl)cc1Cl. The van der Waals surface area contributed by atoms with Gasteiger partial charge in [0.1, 0.15) is 5.75 Å². The fourth-order valence-electron chi connectivity index (χ4n) is 2.02. The monoisotopic (exact) mass is 368 g/mol. The average Bonchev–Trinajstić information content (AvgIpc) is 2.49. The molecule has 0 bridgehead atoms. The number of halogens is 2. The molecule has 2 aromatic rings. The normalized spacial score (nSPS) is 10.1. The van der Waals surface area contributed by atoms with Crippen LogP contribution in [0.4, 0.5) is 5.69 Å². The first-order valence-electron chi connectivity index (χ1n) is 6.63. The van der Waals surface area contributed by atoms with Crippen molar-refractivity contribution in [2.75, 3.05) is 12.4 Å². The molecule has 0 aliphatic carbocycles. The van der Waals surface area contributed by atoms with E-state index in [0.29, 0.717) is 27.0 Å². The number of methoxy groups -OCH3 is 1. The number of rotatable bonds is 3. The molecule has 0 aliphatic rings. The number of anilines is 1. The quantitative estimate of drug-likeness (QED) is 0.786. The topological polar surface area (TPSA) is 50.4 Å². The van der Waals surface area contributed by atoms with E-state index in [9.17, 15) is 4.79 Å². The Labute approximate surface area is 149 Å². The molecular formula is C16H14Cl2N2O2S. The van der Waals surface area contributed by atoms with Gasteiger partial charge in [-0.2, -0.15) is 0 Å². The van der Waals surface area contributed by atoms with Crippen LogP contribution < -0.4 is 15.4 Å². The molecule has 7 heteroatoms. The molecule has 0 saturated carbocycles. The summed E-state index contributed by atoms with van der Waals surface area (Å²) in [5.74, 6) is 0.144. The number of carbonyl (C=O) groups is 1. The minimum atomic E-state index is -0.367. The van der Waals surface area contributed by atoms with Crippen LogP contribution in [0.2, 0.25) is 10.0 Å². The molecule has 0 atom stereocenters. The van der Waals surface area contributed by atoms with Crippen LogP contribution in [0.25, 0.3) is 0 Å². The summed E-state index contributed by atoms with van der Waals surface area (Å²) in [7, 11) is 1.52. The fourth-order valence-corrected chi connectivity index (χ4v) is 2.68. The minimum absolute atomic E-state index is 0.128. The Balaban J connectivity index is 2.11. The highest BCUT2D eigenvalue weighted by Crippen LogP contribution is 2.25. The number of carbonyl (C=O) groups excluding carboxylic acids is 1. The third-order valence-electron chi connectivity index (χ3n) is 3.07. The summed E-state index contributed by atoms with van der Waals surface area (Å²) in [6, 6.07) is 10.2. The van der Waals surface area contributed by atoms with Crippen molar-refractivity contribution in [2.24, 2.45) is 0 Å². The van der Waals surface area contributed by atoms with Gasteiger partial charge in [0.15, 0.2) is 5.11 Å². The summed E-state index contributed by atoms with van der Waals surface area (Å²) in [5.41, 5.74) is 1.82. The standard InChI is InChI=1S/C16H14Cl2N2O2S/c1-9-4-3-5-11(14(9)22-2)15(21)20-16(23)19-13-7-6-10(17)8-12(13)18/h3-8H,1-2H3,(H2,19,20,21,23). The van der Waals surface area contributed by atoms with Crippen LogP contribution in [0.3, 0.4) is 0 Å². The van der Waals surface area contributed by atoms with Gasteiger partial charge in [-0.15, -0.1) is 0 Å². The van der Waals surface area contributed by atoms with Crippen molar-refractivity contribution in [1.82, 2.24) is 5.32 Å². The number of para-hydroxylation sites is 1. The zero-order valence-electron chi connectivity index (χ0n) is 12.4. The molecule has 0 radical (unpaired) electrons. The van der Waals surface area contributed by atoms with Crippen molar-refractivity contribution in [1.29, 1.82) is 0 Å². The van der Waals surface area contributed by atoms with Gasteiger partial charge in [-0.25, -0.2) is 0 Å². The lowest BCUT2D eigenvalue weighted by Gasteiger charge is -2.13. The molecule has 120 valence electrons. The molecular weight excluding hydrogens is 355 g/mol. The molecule has 0 saturated heterocycles. The summed E-state index contributed by atoms with van der Waals surface area (Å²) in [6.07, 6.45) is 0. The average molecular weight is 369 g/mol. The molecule has 4 nitrogen and oxygen atoms in total. The third kappa shape index (κ3) is 4.34. The van der Waals surface area contributed by atoms with Crippen molar-refractivity contribution in [3.05, 3.63) is 57.6 Å². The fraction of sp³-hybridized carbons (Fsp3) is 0.125. The van der Waals surface area contributed by atoms with E-state index in [0.717, 1.165) is 5.56 Å². The highest BCUT2D eigenvalue weighted by Gasteiger charge is 2.15. The second-order valence-corrected chi connectivity index (χ2v) is 5.94. The Morgan fingerprint density at radius 1 is 1.22 bits per heavy atom. The predicted molar refractivity (Wildman–Crippen MR) is 97.9 cm³/mol. The number of nitrogens with one attached hydrogen (secondary N) is 2. The Bertz CT molecular complexity index is 766. The van der Waals surface area contributed by atoms with Gasteiger partial charge in [-0.3, -0.25) is 10.1 Å². The van der Waals surface area contributed by atoms with Gasteiger partial charge in [0.2, 0.25) is 0 Å².